The Morgan fingerprint density at radius 2 is 1.82 bits per heavy atom. The first kappa shape index (κ1) is 24.6. The van der Waals surface area contributed by atoms with Gasteiger partial charge in [-0.1, -0.05) is 0 Å². The molecule has 13 heteroatoms. The predicted octanol–water partition coefficient (Wildman–Crippen LogP) is -0.872. The molecule has 0 heterocycles. The number of carboxylic acids is 1. The van der Waals surface area contributed by atoms with Crippen LogP contribution in [0.4, 0.5) is 4.79 Å². The van der Waals surface area contributed by atoms with Crippen LogP contribution in [0.1, 0.15) is 0 Å². The number of alkyl carbamates (subject to hydrolysis) is 1. The topological polar surface area (TPSA) is 166 Å². The van der Waals surface area contributed by atoms with Gasteiger partial charge < -0.3 is 30.4 Å². The van der Waals surface area contributed by atoms with Gasteiger partial charge in [-0.3, -0.25) is 4.79 Å². The maximum atomic E-state index is 12.1. The van der Waals surface area contributed by atoms with E-state index in [0.29, 0.717) is 12.3 Å². The van der Waals surface area contributed by atoms with Crippen molar-refractivity contribution in [3.63, 3.8) is 0 Å². The maximum Gasteiger partial charge on any atom is 0.406 e. The largest absolute Gasteiger partial charge is 0.491 e. The summed E-state index contributed by atoms with van der Waals surface area (Å²) in [5.41, 5.74) is 5.24. The number of rotatable bonds is 12. The zero-order valence-electron chi connectivity index (χ0n) is 15.0. The molecule has 1 rings (SSSR count). The average molecular weight is 662 g/mol. The Morgan fingerprint density at radius 3 is 2.36 bits per heavy atom. The van der Waals surface area contributed by atoms with Crippen LogP contribution in [0.15, 0.2) is 29.2 Å². The van der Waals surface area contributed by atoms with E-state index in [2.05, 4.69) is 10.1 Å². The van der Waals surface area contributed by atoms with Crippen molar-refractivity contribution in [2.75, 3.05) is 40.0 Å². The number of carbonyl (C=O) groups excluding carboxylic acids is 1. The van der Waals surface area contributed by atoms with E-state index >= 15 is 0 Å². The van der Waals surface area contributed by atoms with E-state index in [1.165, 1.54) is 31.4 Å². The van der Waals surface area contributed by atoms with E-state index in [1.807, 2.05) is 4.72 Å². The second-order valence-corrected chi connectivity index (χ2v) is 6.81. The van der Waals surface area contributed by atoms with E-state index in [0.717, 1.165) is 0 Å². The first-order chi connectivity index (χ1) is 12.8. The molecule has 0 saturated carbocycles. The number of aliphatic carboxylic acids is 1. The fraction of sp³-hybridized carbons (Fsp3) is 0.467. The number of nitrogens with two attached hydrogens (primary N) is 1. The van der Waals surface area contributed by atoms with Crippen molar-refractivity contribution in [3.05, 3.63) is 24.3 Å². The molecule has 1 amide bonds. The Kier molecular flexibility index (Phi) is 10.6. The van der Waals surface area contributed by atoms with Crippen LogP contribution in [-0.4, -0.2) is 71.6 Å². The van der Waals surface area contributed by atoms with Crippen LogP contribution in [0.25, 0.3) is 0 Å². The van der Waals surface area contributed by atoms with E-state index in [9.17, 15) is 18.0 Å². The SMILES string of the molecule is COC(=O)NCCOCCOc1ccc(S(=O)(=O)NC(CN)C(=O)O)cc1.[Fm]. The number of carbonyl (C=O) groups is 2. The predicted molar refractivity (Wildman–Crippen MR) is 94.0 cm³/mol. The fourth-order valence-electron chi connectivity index (χ4n) is 1.79. The number of carboxylic acid groups (broad SMARTS) is 1. The minimum Gasteiger partial charge on any atom is -0.491 e. The molecular formula is C15H23FmN3O8S. The number of ether oxygens (including phenoxy) is 3. The molecule has 0 saturated heterocycles. The summed E-state index contributed by atoms with van der Waals surface area (Å²) in [7, 11) is -2.75. The van der Waals surface area contributed by atoms with Gasteiger partial charge in [-0.05, 0) is 24.3 Å². The Bertz CT molecular complexity index is 715. The zero-order valence-corrected chi connectivity index (χ0v) is 18.2. The molecule has 1 unspecified atom stereocenters. The third kappa shape index (κ3) is 8.31. The van der Waals surface area contributed by atoms with Crippen molar-refractivity contribution in [2.24, 2.45) is 5.73 Å². The van der Waals surface area contributed by atoms with E-state index in [-0.39, 0.29) is 31.3 Å². The van der Waals surface area contributed by atoms with Crippen molar-refractivity contribution < 1.29 is 37.3 Å². The van der Waals surface area contributed by atoms with Gasteiger partial charge in [-0.25, -0.2) is 13.2 Å². The summed E-state index contributed by atoms with van der Waals surface area (Å²) in [4.78, 5) is 21.6. The summed E-state index contributed by atoms with van der Waals surface area (Å²) < 4.78 is 41.3. The monoisotopic (exact) mass is 662 g/mol. The summed E-state index contributed by atoms with van der Waals surface area (Å²) in [6.07, 6.45) is -0.541. The number of sulfonamides is 1. The Balaban J connectivity index is 0.00000729. The quantitative estimate of drug-likeness (QED) is 0.208. The van der Waals surface area contributed by atoms with Crippen molar-refractivity contribution in [1.82, 2.24) is 10.0 Å². The molecule has 0 aliphatic carbocycles. The van der Waals surface area contributed by atoms with Gasteiger partial charge >= 0.3 is 12.1 Å². The second-order valence-electron chi connectivity index (χ2n) is 5.10. The standard InChI is InChI=1S/C15H23N3O8S.Fm/c1-24-15(21)17-6-7-25-8-9-26-11-2-4-12(5-3-11)27(22,23)18-13(10-16)14(19)20;/h2-5,13,18H,6-10,16H2,1H3,(H,17,21)(H,19,20);. The molecule has 28 heavy (non-hydrogen) atoms. The van der Waals surface area contributed by atoms with Crippen LogP contribution in [0.5, 0.6) is 5.75 Å². The third-order valence-electron chi connectivity index (χ3n) is 3.16. The first-order valence-electron chi connectivity index (χ1n) is 7.87. The van der Waals surface area contributed by atoms with Crippen molar-refractivity contribution >= 4 is 22.1 Å². The van der Waals surface area contributed by atoms with Crippen LogP contribution >= 0.6 is 0 Å². The molecule has 0 fully saturated rings. The summed E-state index contributed by atoms with van der Waals surface area (Å²) in [5.74, 6) is -0.943. The van der Waals surface area contributed by atoms with Crippen LogP contribution in [0, 0.1) is 0 Å². The van der Waals surface area contributed by atoms with E-state index in [4.69, 9.17) is 20.3 Å². The molecule has 11 nitrogen and oxygen atoms in total. The van der Waals surface area contributed by atoms with Crippen molar-refractivity contribution in [2.45, 2.75) is 10.9 Å². The first-order valence-corrected chi connectivity index (χ1v) is 9.36. The number of benzene rings is 1. The number of amides is 1. The third-order valence-corrected chi connectivity index (χ3v) is 4.65. The van der Waals surface area contributed by atoms with Gasteiger partial charge in [0.05, 0.1) is 25.2 Å². The molecule has 0 aromatic heterocycles. The van der Waals surface area contributed by atoms with E-state index < -0.39 is 28.1 Å². The minimum atomic E-state index is -4.01. The molecule has 0 aliphatic heterocycles. The van der Waals surface area contributed by atoms with Gasteiger partial charge in [0.25, 0.3) is 0 Å². The summed E-state index contributed by atoms with van der Waals surface area (Å²) >= 11 is 0. The molecule has 1 aromatic rings. The smallest absolute Gasteiger partial charge is 0.406 e. The number of hydrogen-bond donors (Lipinski definition) is 4. The van der Waals surface area contributed by atoms with Gasteiger partial charge in [0, 0.05) is 13.1 Å². The Labute approximate surface area is 156 Å². The fourth-order valence-corrected chi connectivity index (χ4v) is 2.99. The summed E-state index contributed by atoms with van der Waals surface area (Å²) in [6, 6.07) is 4.04. The maximum absolute atomic E-state index is 12.1. The van der Waals surface area contributed by atoms with Gasteiger partial charge in [0.2, 0.25) is 10.0 Å². The number of hydrogen-bond acceptors (Lipinski definition) is 8. The van der Waals surface area contributed by atoms with Crippen LogP contribution in [0.2, 0.25) is 0 Å². The average Bonchev–Trinajstić information content (AvgIpc) is 2.65. The zero-order chi connectivity index (χ0) is 20.3. The van der Waals surface area contributed by atoms with Gasteiger partial charge in [-0.15, -0.1) is 0 Å². The molecule has 1 aromatic carbocycles. The van der Waals surface area contributed by atoms with Gasteiger partial charge in [-0.2, -0.15) is 4.72 Å². The Morgan fingerprint density at radius 1 is 1.18 bits per heavy atom. The number of nitrogens with one attached hydrogen (secondary N) is 2. The molecule has 0 spiro atoms. The summed E-state index contributed by atoms with van der Waals surface area (Å²) in [5, 5.41) is 11.3. The molecule has 164 valence electrons. The Hall–Kier alpha value is -3.41. The second kappa shape index (κ2) is 12.1. The van der Waals surface area contributed by atoms with Crippen LogP contribution in [0.3, 0.4) is 0 Å². The normalized spacial score (nSPS) is 11.8. The van der Waals surface area contributed by atoms with E-state index in [1.54, 1.807) is 0 Å². The molecule has 5 N–H and O–H groups in total. The molecular weight excluding hydrogens is 639 g/mol. The van der Waals surface area contributed by atoms with Crippen LogP contribution in [-0.2, 0) is 24.3 Å². The van der Waals surface area contributed by atoms with Crippen LogP contribution < -0.4 is 20.5 Å². The number of methoxy groups -OCH3 is 1. The summed E-state index contributed by atoms with van der Waals surface area (Å²) in [6.45, 7) is 0.697. The van der Waals surface area contributed by atoms with Crippen molar-refractivity contribution in [3.8, 4) is 5.75 Å². The van der Waals surface area contributed by atoms with Crippen molar-refractivity contribution in [1.29, 1.82) is 0 Å². The van der Waals surface area contributed by atoms with Gasteiger partial charge in [0.1, 0.15) is 18.4 Å². The molecule has 1 atom stereocenters. The molecule has 0 bridgehead atoms. The van der Waals surface area contributed by atoms with Gasteiger partial charge in [0.15, 0.2) is 0 Å². The molecule has 0 aliphatic rings. The molecule has 0 radical (unpaired) electrons. The minimum absolute atomic E-state index is 0.